The molecule has 8 heteroatoms. The number of aryl methyl sites for hydroxylation is 1. The van der Waals surface area contributed by atoms with Gasteiger partial charge in [-0.25, -0.2) is 8.42 Å². The highest BCUT2D eigenvalue weighted by Crippen LogP contribution is 2.19. The Bertz CT molecular complexity index is 965. The summed E-state index contributed by atoms with van der Waals surface area (Å²) in [6, 6.07) is 6.44. The maximum atomic E-state index is 12.0. The van der Waals surface area contributed by atoms with Crippen LogP contribution in [-0.4, -0.2) is 32.2 Å². The zero-order valence-electron chi connectivity index (χ0n) is 13.6. The topological polar surface area (TPSA) is 92.0 Å². The smallest absolute Gasteiger partial charge is 0.254 e. The fourth-order valence-corrected chi connectivity index (χ4v) is 3.56. The molecule has 128 valence electrons. The van der Waals surface area contributed by atoms with Crippen LogP contribution in [0.5, 0.6) is 0 Å². The molecule has 2 N–H and O–H groups in total. The van der Waals surface area contributed by atoms with Gasteiger partial charge in [0.05, 0.1) is 22.0 Å². The van der Waals surface area contributed by atoms with Crippen molar-refractivity contribution in [3.63, 3.8) is 0 Å². The lowest BCUT2D eigenvalue weighted by atomic mass is 10.1. The average Bonchev–Trinajstić information content (AvgIpc) is 2.48. The van der Waals surface area contributed by atoms with Crippen molar-refractivity contribution in [2.24, 2.45) is 0 Å². The third-order valence-corrected chi connectivity index (χ3v) is 4.94. The third-order valence-electron chi connectivity index (χ3n) is 3.53. The van der Waals surface area contributed by atoms with Crippen molar-refractivity contribution < 1.29 is 13.2 Å². The van der Waals surface area contributed by atoms with Crippen LogP contribution in [0.1, 0.15) is 21.5 Å². The van der Waals surface area contributed by atoms with Gasteiger partial charge in [-0.15, -0.1) is 0 Å². The van der Waals surface area contributed by atoms with Gasteiger partial charge in [-0.3, -0.25) is 10.2 Å². The van der Waals surface area contributed by atoms with Gasteiger partial charge < -0.3 is 9.88 Å². The van der Waals surface area contributed by atoms with Gasteiger partial charge in [0.1, 0.15) is 5.49 Å². The Balaban J connectivity index is 2.61. The van der Waals surface area contributed by atoms with Crippen LogP contribution in [0.4, 0.5) is 0 Å². The van der Waals surface area contributed by atoms with Crippen LogP contribution in [-0.2, 0) is 16.4 Å². The fraction of sp³-hybridized carbons (Fsp3) is 0.250. The minimum atomic E-state index is -3.41. The number of hydrogen-bond acceptors (Lipinski definition) is 4. The van der Waals surface area contributed by atoms with E-state index in [9.17, 15) is 13.2 Å². The van der Waals surface area contributed by atoms with Gasteiger partial charge in [0.25, 0.3) is 5.91 Å². The van der Waals surface area contributed by atoms with Crippen molar-refractivity contribution in [1.82, 2.24) is 9.88 Å². The van der Waals surface area contributed by atoms with Crippen LogP contribution in [0.25, 0.3) is 0 Å². The van der Waals surface area contributed by atoms with Crippen molar-refractivity contribution >= 4 is 27.3 Å². The second-order valence-electron chi connectivity index (χ2n) is 5.51. The van der Waals surface area contributed by atoms with Crippen LogP contribution in [0.15, 0.2) is 35.4 Å². The van der Waals surface area contributed by atoms with Crippen molar-refractivity contribution in [2.45, 2.75) is 18.4 Å². The maximum absolute atomic E-state index is 12.0. The van der Waals surface area contributed by atoms with Crippen LogP contribution in [0, 0.1) is 12.3 Å². The number of rotatable bonds is 4. The third kappa shape index (κ3) is 3.85. The zero-order valence-corrected chi connectivity index (χ0v) is 15.1. The number of amides is 1. The van der Waals surface area contributed by atoms with Gasteiger partial charge in [-0.1, -0.05) is 29.3 Å². The van der Waals surface area contributed by atoms with E-state index >= 15 is 0 Å². The molecule has 0 fully saturated rings. The first-order chi connectivity index (χ1) is 11.1. The summed E-state index contributed by atoms with van der Waals surface area (Å²) >= 11 is 6.05. The summed E-state index contributed by atoms with van der Waals surface area (Å²) in [5.41, 5.74) is 1.53. The predicted molar refractivity (Wildman–Crippen MR) is 92.1 cm³/mol. The highest BCUT2D eigenvalue weighted by molar-refractivity contribution is 7.90. The van der Waals surface area contributed by atoms with Gasteiger partial charge in [-0.05, 0) is 24.6 Å². The second kappa shape index (κ2) is 6.78. The standard InChI is InChI=1S/C16H18ClN3O3S/c1-10-4-5-14(24(3,22)23)11(6-10)8-20-9-12(17)7-13(15(20)18)16(21)19-2/h4-7,9,18H,8H2,1-3H3,(H,19,21). The van der Waals surface area contributed by atoms with E-state index in [1.54, 1.807) is 18.2 Å². The number of halogens is 1. The molecule has 0 unspecified atom stereocenters. The van der Waals surface area contributed by atoms with Crippen molar-refractivity contribution in [1.29, 1.82) is 5.41 Å². The number of hydrogen-bond donors (Lipinski definition) is 2. The summed E-state index contributed by atoms with van der Waals surface area (Å²) in [7, 11) is -1.94. The Morgan fingerprint density at radius 1 is 1.33 bits per heavy atom. The molecule has 2 aromatic rings. The number of carbonyl (C=O) groups excluding carboxylic acids is 1. The molecule has 0 aliphatic rings. The van der Waals surface area contributed by atoms with E-state index in [0.717, 1.165) is 11.8 Å². The number of benzene rings is 1. The number of nitrogens with zero attached hydrogens (tertiary/aromatic N) is 1. The Labute approximate surface area is 145 Å². The molecule has 0 aliphatic carbocycles. The largest absolute Gasteiger partial charge is 0.355 e. The molecule has 1 amide bonds. The zero-order chi connectivity index (χ0) is 18.1. The van der Waals surface area contributed by atoms with Crippen molar-refractivity contribution in [3.8, 4) is 0 Å². The van der Waals surface area contributed by atoms with Gasteiger partial charge in [0.15, 0.2) is 9.84 Å². The second-order valence-corrected chi connectivity index (χ2v) is 7.93. The highest BCUT2D eigenvalue weighted by Gasteiger charge is 2.16. The number of carbonyl (C=O) groups is 1. The van der Waals surface area contributed by atoms with Gasteiger partial charge >= 0.3 is 0 Å². The number of aromatic nitrogens is 1. The van der Waals surface area contributed by atoms with Crippen molar-refractivity contribution in [3.05, 3.63) is 57.7 Å². The number of nitrogens with one attached hydrogen (secondary N) is 2. The van der Waals surface area contributed by atoms with E-state index in [0.29, 0.717) is 5.56 Å². The normalized spacial score (nSPS) is 11.3. The molecule has 0 radical (unpaired) electrons. The minimum absolute atomic E-state index is 0.0419. The molecule has 0 saturated heterocycles. The summed E-state index contributed by atoms with van der Waals surface area (Å²) in [4.78, 5) is 12.1. The van der Waals surface area contributed by atoms with Crippen LogP contribution in [0.2, 0.25) is 5.02 Å². The molecule has 0 bridgehead atoms. The summed E-state index contributed by atoms with van der Waals surface area (Å²) in [5, 5.41) is 10.9. The predicted octanol–water partition coefficient (Wildman–Crippen LogP) is 1.74. The fourth-order valence-electron chi connectivity index (χ4n) is 2.42. The minimum Gasteiger partial charge on any atom is -0.355 e. The molecule has 0 atom stereocenters. The van der Waals surface area contributed by atoms with Gasteiger partial charge in [-0.2, -0.15) is 0 Å². The maximum Gasteiger partial charge on any atom is 0.254 e. The first-order valence-electron chi connectivity index (χ1n) is 7.09. The Kier molecular flexibility index (Phi) is 5.15. The quantitative estimate of drug-likeness (QED) is 0.862. The summed E-state index contributed by atoms with van der Waals surface area (Å²) < 4.78 is 25.4. The van der Waals surface area contributed by atoms with Crippen LogP contribution in [0.3, 0.4) is 0 Å². The lowest BCUT2D eigenvalue weighted by molar-refractivity contribution is 0.0960. The summed E-state index contributed by atoms with van der Waals surface area (Å²) in [6.45, 7) is 1.98. The van der Waals surface area contributed by atoms with E-state index in [4.69, 9.17) is 17.0 Å². The average molecular weight is 368 g/mol. The Morgan fingerprint density at radius 2 is 2.00 bits per heavy atom. The SMILES string of the molecule is CNC(=O)c1cc(Cl)cn(Cc2cc(C)ccc2S(C)(=O)=O)c1=N. The van der Waals surface area contributed by atoms with Gasteiger partial charge in [0, 0.05) is 19.5 Å². The Hall–Kier alpha value is -2.12. The van der Waals surface area contributed by atoms with Gasteiger partial charge in [0.2, 0.25) is 0 Å². The molecule has 0 aliphatic heterocycles. The monoisotopic (exact) mass is 367 g/mol. The van der Waals surface area contributed by atoms with E-state index in [1.165, 1.54) is 23.9 Å². The van der Waals surface area contributed by atoms with E-state index in [-0.39, 0.29) is 27.5 Å². The van der Waals surface area contributed by atoms with Crippen molar-refractivity contribution in [2.75, 3.05) is 13.3 Å². The lowest BCUT2D eigenvalue weighted by Gasteiger charge is -2.14. The molecule has 24 heavy (non-hydrogen) atoms. The first kappa shape index (κ1) is 18.2. The van der Waals surface area contributed by atoms with E-state index in [1.807, 2.05) is 6.92 Å². The summed E-state index contributed by atoms with van der Waals surface area (Å²) in [6.07, 6.45) is 2.64. The molecule has 2 rings (SSSR count). The van der Waals surface area contributed by atoms with Crippen LogP contribution >= 0.6 is 11.6 Å². The number of pyridine rings is 1. The molecule has 1 heterocycles. The highest BCUT2D eigenvalue weighted by atomic mass is 35.5. The molecular weight excluding hydrogens is 350 g/mol. The Morgan fingerprint density at radius 3 is 2.58 bits per heavy atom. The number of sulfone groups is 1. The van der Waals surface area contributed by atoms with E-state index in [2.05, 4.69) is 5.32 Å². The molecule has 1 aromatic carbocycles. The molecular formula is C16H18ClN3O3S. The van der Waals surface area contributed by atoms with Crippen LogP contribution < -0.4 is 10.8 Å². The molecule has 0 saturated carbocycles. The molecule has 1 aromatic heterocycles. The molecule has 6 nitrogen and oxygen atoms in total. The lowest BCUT2D eigenvalue weighted by Crippen LogP contribution is -2.31. The molecule has 0 spiro atoms. The first-order valence-corrected chi connectivity index (χ1v) is 9.36. The van der Waals surface area contributed by atoms with E-state index < -0.39 is 15.7 Å². The summed E-state index contributed by atoms with van der Waals surface area (Å²) in [5.74, 6) is -0.427.